The van der Waals surface area contributed by atoms with Gasteiger partial charge in [0.05, 0.1) is 5.02 Å². The summed E-state index contributed by atoms with van der Waals surface area (Å²) < 4.78 is 0.920. The van der Waals surface area contributed by atoms with Crippen LogP contribution < -0.4 is 0 Å². The van der Waals surface area contributed by atoms with Gasteiger partial charge < -0.3 is 9.94 Å². The van der Waals surface area contributed by atoms with Gasteiger partial charge in [-0.15, -0.1) is 0 Å². The molecule has 0 atom stereocenters. The van der Waals surface area contributed by atoms with Gasteiger partial charge >= 0.3 is 0 Å². The van der Waals surface area contributed by atoms with E-state index in [1.807, 2.05) is 30.3 Å². The zero-order valence-electron chi connectivity index (χ0n) is 8.39. The number of pyridine rings is 1. The molecule has 16 heavy (non-hydrogen) atoms. The molecule has 0 aliphatic carbocycles. The van der Waals surface area contributed by atoms with Crippen LogP contribution in [-0.4, -0.2) is 4.73 Å². The molecule has 0 aliphatic heterocycles. The van der Waals surface area contributed by atoms with Gasteiger partial charge in [0.2, 0.25) is 0 Å². The lowest BCUT2D eigenvalue weighted by Gasteiger charge is -2.14. The number of hydrogen-bond donors (Lipinski definition) is 0. The predicted molar refractivity (Wildman–Crippen MR) is 68.3 cm³/mol. The Morgan fingerprint density at radius 1 is 1.25 bits per heavy atom. The van der Waals surface area contributed by atoms with Gasteiger partial charge in [0.1, 0.15) is 4.64 Å². The first-order chi connectivity index (χ1) is 7.66. The molecule has 82 valence electrons. The Hall–Kier alpha value is -1.32. The second-order valence-electron chi connectivity index (χ2n) is 3.48. The van der Waals surface area contributed by atoms with Crippen LogP contribution in [0.4, 0.5) is 0 Å². The molecule has 0 bridgehead atoms. The van der Waals surface area contributed by atoms with Crippen LogP contribution in [0.25, 0.3) is 0 Å². The van der Waals surface area contributed by atoms with Crippen LogP contribution in [0.1, 0.15) is 11.1 Å². The molecular formula is C12H9ClNOS-. The van der Waals surface area contributed by atoms with E-state index in [1.54, 1.807) is 6.07 Å². The molecule has 2 rings (SSSR count). The molecule has 2 aromatic rings. The van der Waals surface area contributed by atoms with Crippen LogP contribution >= 0.6 is 23.8 Å². The largest absolute Gasteiger partial charge is 0.805 e. The van der Waals surface area contributed by atoms with E-state index < -0.39 is 0 Å². The summed E-state index contributed by atoms with van der Waals surface area (Å²) in [6.45, 7) is 0. The van der Waals surface area contributed by atoms with Crippen LogP contribution in [0.5, 0.6) is 0 Å². The number of halogens is 1. The number of rotatable bonds is 2. The first kappa shape index (κ1) is 11.2. The van der Waals surface area contributed by atoms with E-state index in [0.717, 1.165) is 11.1 Å². The molecular weight excluding hydrogens is 242 g/mol. The Bertz CT molecular complexity index is 551. The van der Waals surface area contributed by atoms with Gasteiger partial charge in [0.15, 0.2) is 0 Å². The predicted octanol–water partition coefficient (Wildman–Crippen LogP) is 3.81. The third-order valence-corrected chi connectivity index (χ3v) is 2.91. The Morgan fingerprint density at radius 2 is 1.94 bits per heavy atom. The zero-order valence-corrected chi connectivity index (χ0v) is 9.96. The summed E-state index contributed by atoms with van der Waals surface area (Å²) in [4.78, 5) is 0. The van der Waals surface area contributed by atoms with Gasteiger partial charge in [-0.1, -0.05) is 54.2 Å². The van der Waals surface area contributed by atoms with E-state index in [1.165, 1.54) is 6.20 Å². The molecule has 1 aromatic carbocycles. The zero-order chi connectivity index (χ0) is 11.5. The van der Waals surface area contributed by atoms with Crippen molar-refractivity contribution in [1.82, 2.24) is 4.73 Å². The van der Waals surface area contributed by atoms with Crippen molar-refractivity contribution >= 4 is 23.8 Å². The van der Waals surface area contributed by atoms with Gasteiger partial charge in [-0.3, -0.25) is 0 Å². The smallest absolute Gasteiger partial charge is 0.104 e. The van der Waals surface area contributed by atoms with Crippen molar-refractivity contribution in [3.05, 3.63) is 68.6 Å². The molecule has 1 aromatic heterocycles. The molecule has 0 aliphatic rings. The van der Waals surface area contributed by atoms with Crippen LogP contribution in [0.2, 0.25) is 5.02 Å². The number of hydrogen-bond acceptors (Lipinski definition) is 2. The molecule has 0 saturated carbocycles. The Morgan fingerprint density at radius 3 is 2.62 bits per heavy atom. The lowest BCUT2D eigenvalue weighted by molar-refractivity contribution is 0.997. The number of benzene rings is 1. The summed E-state index contributed by atoms with van der Waals surface area (Å²) >= 11 is 10.9. The van der Waals surface area contributed by atoms with E-state index in [4.69, 9.17) is 23.8 Å². The van der Waals surface area contributed by atoms with E-state index in [-0.39, 0.29) is 4.64 Å². The lowest BCUT2D eigenvalue weighted by Crippen LogP contribution is -1.97. The van der Waals surface area contributed by atoms with E-state index in [2.05, 4.69) is 0 Å². The second kappa shape index (κ2) is 4.68. The van der Waals surface area contributed by atoms with Gasteiger partial charge in [-0.2, -0.15) is 0 Å². The minimum absolute atomic E-state index is 0.285. The number of nitrogens with zero attached hydrogens (tertiary/aromatic N) is 1. The molecule has 0 unspecified atom stereocenters. The fourth-order valence-corrected chi connectivity index (χ4v) is 1.92. The van der Waals surface area contributed by atoms with Crippen molar-refractivity contribution in [2.24, 2.45) is 0 Å². The topological polar surface area (TPSA) is 28.0 Å². The summed E-state index contributed by atoms with van der Waals surface area (Å²) in [6.07, 6.45) is 1.90. The quantitative estimate of drug-likeness (QED) is 0.758. The summed E-state index contributed by atoms with van der Waals surface area (Å²) in [7, 11) is 0. The highest BCUT2D eigenvalue weighted by Gasteiger charge is 2.00. The number of aromatic nitrogens is 1. The Balaban J connectivity index is 2.39. The molecule has 4 heteroatoms. The summed E-state index contributed by atoms with van der Waals surface area (Å²) in [5.74, 6) is 0. The van der Waals surface area contributed by atoms with Crippen LogP contribution in [0.15, 0.2) is 42.6 Å². The first-order valence-corrected chi connectivity index (χ1v) is 5.58. The minimum Gasteiger partial charge on any atom is -0.805 e. The van der Waals surface area contributed by atoms with Crippen molar-refractivity contribution in [3.63, 3.8) is 0 Å². The maximum absolute atomic E-state index is 11.4. The van der Waals surface area contributed by atoms with Crippen LogP contribution in [0.3, 0.4) is 0 Å². The monoisotopic (exact) mass is 250 g/mol. The third-order valence-electron chi connectivity index (χ3n) is 2.26. The molecule has 0 fully saturated rings. The molecule has 0 N–H and O–H groups in total. The molecule has 1 heterocycles. The molecule has 0 radical (unpaired) electrons. The SMILES string of the molecule is [O-]n1cc(Cl)cc(Cc2ccccc2)c1=S. The van der Waals surface area contributed by atoms with Gasteiger partial charge in [-0.25, -0.2) is 0 Å². The molecule has 0 spiro atoms. The second-order valence-corrected chi connectivity index (χ2v) is 4.30. The summed E-state index contributed by atoms with van der Waals surface area (Å²) in [6, 6.07) is 11.6. The van der Waals surface area contributed by atoms with Crippen molar-refractivity contribution in [2.75, 3.05) is 0 Å². The highest BCUT2D eigenvalue weighted by atomic mass is 35.5. The summed E-state index contributed by atoms with van der Waals surface area (Å²) in [5, 5.41) is 11.8. The minimum atomic E-state index is 0.285. The van der Waals surface area contributed by atoms with Crippen molar-refractivity contribution in [1.29, 1.82) is 0 Å². The standard InChI is InChI=1S/C12H9ClNOS/c13-11-7-10(12(16)14(15)8-11)6-9-4-2-1-3-5-9/h1-5,7-8H,6H2/q-1. The van der Waals surface area contributed by atoms with E-state index >= 15 is 0 Å². The maximum Gasteiger partial charge on any atom is 0.104 e. The average molecular weight is 251 g/mol. The van der Waals surface area contributed by atoms with E-state index in [9.17, 15) is 5.21 Å². The molecule has 2 nitrogen and oxygen atoms in total. The highest BCUT2D eigenvalue weighted by molar-refractivity contribution is 7.71. The van der Waals surface area contributed by atoms with Gasteiger partial charge in [-0.05, 0) is 17.2 Å². The fourth-order valence-electron chi connectivity index (χ4n) is 1.52. The van der Waals surface area contributed by atoms with Gasteiger partial charge in [0, 0.05) is 12.6 Å². The third kappa shape index (κ3) is 2.43. The van der Waals surface area contributed by atoms with Gasteiger partial charge in [0.25, 0.3) is 0 Å². The van der Waals surface area contributed by atoms with Crippen molar-refractivity contribution in [3.8, 4) is 0 Å². The first-order valence-electron chi connectivity index (χ1n) is 4.79. The highest BCUT2D eigenvalue weighted by Crippen LogP contribution is 2.16. The Labute approximate surface area is 104 Å². The summed E-state index contributed by atoms with van der Waals surface area (Å²) in [5.41, 5.74) is 1.89. The van der Waals surface area contributed by atoms with Crippen LogP contribution in [-0.2, 0) is 6.42 Å². The van der Waals surface area contributed by atoms with E-state index in [0.29, 0.717) is 16.2 Å². The van der Waals surface area contributed by atoms with Crippen molar-refractivity contribution in [2.45, 2.75) is 6.42 Å². The van der Waals surface area contributed by atoms with Crippen molar-refractivity contribution < 1.29 is 0 Å². The lowest BCUT2D eigenvalue weighted by atomic mass is 10.1. The Kier molecular flexibility index (Phi) is 3.27. The molecule has 0 saturated heterocycles. The average Bonchev–Trinajstić information content (AvgIpc) is 2.27. The van der Waals surface area contributed by atoms with Crippen LogP contribution in [0, 0.1) is 9.85 Å². The maximum atomic E-state index is 11.4. The normalized spacial score (nSPS) is 10.3. The fraction of sp³-hybridized carbons (Fsp3) is 0.0833. The molecule has 0 amide bonds.